The number of amides is 2. The molecule has 0 spiro atoms. The van der Waals surface area contributed by atoms with E-state index in [4.69, 9.17) is 5.73 Å². The van der Waals surface area contributed by atoms with Gasteiger partial charge in [0.1, 0.15) is 0 Å². The Balaban J connectivity index is 1.95. The van der Waals surface area contributed by atoms with Crippen LogP contribution >= 0.6 is 0 Å². The number of nitrogens with zero attached hydrogens (tertiary/aromatic N) is 2. The number of carbonyl (C=O) groups is 2. The van der Waals surface area contributed by atoms with E-state index < -0.39 is 0 Å². The van der Waals surface area contributed by atoms with Crippen molar-refractivity contribution in [1.29, 1.82) is 0 Å². The average molecular weight is 248 g/mol. The lowest BCUT2D eigenvalue weighted by Gasteiger charge is -2.16. The highest BCUT2D eigenvalue weighted by Gasteiger charge is 2.25. The summed E-state index contributed by atoms with van der Waals surface area (Å²) in [4.78, 5) is 28.8. The summed E-state index contributed by atoms with van der Waals surface area (Å²) in [6, 6.07) is 3.56. The zero-order valence-corrected chi connectivity index (χ0v) is 10.2. The zero-order valence-electron chi connectivity index (χ0n) is 10.2. The summed E-state index contributed by atoms with van der Waals surface area (Å²) in [6.07, 6.45) is 3.55. The van der Waals surface area contributed by atoms with E-state index >= 15 is 0 Å². The third-order valence-electron chi connectivity index (χ3n) is 2.71. The van der Waals surface area contributed by atoms with Crippen molar-refractivity contribution in [3.8, 4) is 0 Å². The normalized spacial score (nSPS) is 14.1. The van der Waals surface area contributed by atoms with Crippen molar-refractivity contribution in [3.05, 3.63) is 24.0 Å². The van der Waals surface area contributed by atoms with E-state index in [1.54, 1.807) is 19.2 Å². The lowest BCUT2D eigenvalue weighted by molar-refractivity contribution is -0.121. The molecular weight excluding hydrogens is 232 g/mol. The standard InChI is InChI=1S/C12H16N4O2/c1-16(7-10(17)15-8-4-5-8)12(18)11-9(13)3-2-6-14-11/h2-3,6,8H,4-5,7,13H2,1H3,(H,15,17). The fraction of sp³-hybridized carbons (Fsp3) is 0.417. The molecule has 1 aliphatic rings. The van der Waals surface area contributed by atoms with Gasteiger partial charge in [0.05, 0.1) is 12.2 Å². The predicted molar refractivity (Wildman–Crippen MR) is 66.8 cm³/mol. The fourth-order valence-corrected chi connectivity index (χ4v) is 1.57. The van der Waals surface area contributed by atoms with Gasteiger partial charge in [-0.05, 0) is 25.0 Å². The molecule has 0 aromatic carbocycles. The molecular formula is C12H16N4O2. The van der Waals surface area contributed by atoms with E-state index in [0.29, 0.717) is 11.7 Å². The first kappa shape index (κ1) is 12.3. The van der Waals surface area contributed by atoms with Crippen LogP contribution in [0.15, 0.2) is 18.3 Å². The molecule has 1 aromatic heterocycles. The van der Waals surface area contributed by atoms with E-state index in [1.165, 1.54) is 11.1 Å². The molecule has 1 heterocycles. The highest BCUT2D eigenvalue weighted by molar-refractivity contribution is 5.98. The van der Waals surface area contributed by atoms with Gasteiger partial charge in [0.25, 0.3) is 5.91 Å². The van der Waals surface area contributed by atoms with Gasteiger partial charge < -0.3 is 16.0 Å². The minimum atomic E-state index is -0.348. The summed E-state index contributed by atoms with van der Waals surface area (Å²) >= 11 is 0. The lowest BCUT2D eigenvalue weighted by atomic mass is 10.2. The smallest absolute Gasteiger partial charge is 0.274 e. The molecule has 96 valence electrons. The Labute approximate surface area is 105 Å². The Morgan fingerprint density at radius 1 is 1.56 bits per heavy atom. The highest BCUT2D eigenvalue weighted by Crippen LogP contribution is 2.18. The topological polar surface area (TPSA) is 88.3 Å². The van der Waals surface area contributed by atoms with Crippen molar-refractivity contribution < 1.29 is 9.59 Å². The van der Waals surface area contributed by atoms with Crippen molar-refractivity contribution in [1.82, 2.24) is 15.2 Å². The zero-order chi connectivity index (χ0) is 13.1. The third-order valence-corrected chi connectivity index (χ3v) is 2.71. The molecule has 3 N–H and O–H groups in total. The van der Waals surface area contributed by atoms with Gasteiger partial charge in [-0.25, -0.2) is 4.98 Å². The molecule has 2 amide bonds. The largest absolute Gasteiger partial charge is 0.397 e. The first-order valence-corrected chi connectivity index (χ1v) is 5.83. The van der Waals surface area contributed by atoms with Crippen molar-refractivity contribution in [3.63, 3.8) is 0 Å². The molecule has 0 unspecified atom stereocenters. The van der Waals surface area contributed by atoms with Crippen LogP contribution < -0.4 is 11.1 Å². The molecule has 1 saturated carbocycles. The van der Waals surface area contributed by atoms with E-state index in [0.717, 1.165) is 12.8 Å². The monoisotopic (exact) mass is 248 g/mol. The quantitative estimate of drug-likeness (QED) is 0.786. The summed E-state index contributed by atoms with van der Waals surface area (Å²) < 4.78 is 0. The molecule has 1 aliphatic carbocycles. The summed E-state index contributed by atoms with van der Waals surface area (Å²) in [5.74, 6) is -0.498. The van der Waals surface area contributed by atoms with Crippen LogP contribution in [-0.4, -0.2) is 41.3 Å². The maximum absolute atomic E-state index is 12.0. The number of hydrogen-bond acceptors (Lipinski definition) is 4. The molecule has 0 saturated heterocycles. The molecule has 18 heavy (non-hydrogen) atoms. The van der Waals surface area contributed by atoms with E-state index in [-0.39, 0.29) is 24.1 Å². The number of anilines is 1. The SMILES string of the molecule is CN(CC(=O)NC1CC1)C(=O)c1ncccc1N. The van der Waals surface area contributed by atoms with Crippen LogP contribution in [0.1, 0.15) is 23.3 Å². The minimum absolute atomic E-state index is 0.0192. The number of hydrogen-bond donors (Lipinski definition) is 2. The number of likely N-dealkylation sites (N-methyl/N-ethyl adjacent to an activating group) is 1. The molecule has 0 atom stereocenters. The van der Waals surface area contributed by atoms with Crippen LogP contribution in [0.3, 0.4) is 0 Å². The minimum Gasteiger partial charge on any atom is -0.397 e. The summed E-state index contributed by atoms with van der Waals surface area (Å²) in [6.45, 7) is 0.0192. The Morgan fingerprint density at radius 3 is 2.89 bits per heavy atom. The van der Waals surface area contributed by atoms with E-state index in [1.807, 2.05) is 0 Å². The Morgan fingerprint density at radius 2 is 2.28 bits per heavy atom. The van der Waals surface area contributed by atoms with Crippen LogP contribution in [0.5, 0.6) is 0 Å². The number of aromatic nitrogens is 1. The molecule has 0 radical (unpaired) electrons. The van der Waals surface area contributed by atoms with Gasteiger partial charge in [0, 0.05) is 19.3 Å². The van der Waals surface area contributed by atoms with E-state index in [2.05, 4.69) is 10.3 Å². The molecule has 0 bridgehead atoms. The van der Waals surface area contributed by atoms with Crippen molar-refractivity contribution in [2.45, 2.75) is 18.9 Å². The molecule has 2 rings (SSSR count). The Kier molecular flexibility index (Phi) is 3.45. The van der Waals surface area contributed by atoms with Crippen molar-refractivity contribution in [2.75, 3.05) is 19.3 Å². The van der Waals surface area contributed by atoms with Crippen LogP contribution in [0.25, 0.3) is 0 Å². The van der Waals surface area contributed by atoms with Gasteiger partial charge in [-0.2, -0.15) is 0 Å². The first-order chi connectivity index (χ1) is 8.58. The molecule has 1 fully saturated rings. The number of nitrogen functional groups attached to an aromatic ring is 1. The van der Waals surface area contributed by atoms with Gasteiger partial charge in [-0.15, -0.1) is 0 Å². The number of nitrogens with two attached hydrogens (primary N) is 1. The number of rotatable bonds is 4. The van der Waals surface area contributed by atoms with Gasteiger partial charge in [-0.3, -0.25) is 9.59 Å². The summed E-state index contributed by atoms with van der Waals surface area (Å²) in [5.41, 5.74) is 6.17. The van der Waals surface area contributed by atoms with E-state index in [9.17, 15) is 9.59 Å². The number of pyridine rings is 1. The van der Waals surface area contributed by atoms with Gasteiger partial charge in [0.2, 0.25) is 5.91 Å². The predicted octanol–water partition coefficient (Wildman–Crippen LogP) is 0.0144. The second kappa shape index (κ2) is 5.03. The second-order valence-electron chi connectivity index (χ2n) is 4.44. The summed E-state index contributed by atoms with van der Waals surface area (Å²) in [5, 5.41) is 2.82. The van der Waals surface area contributed by atoms with Gasteiger partial charge in [-0.1, -0.05) is 0 Å². The van der Waals surface area contributed by atoms with Crippen molar-refractivity contribution in [2.24, 2.45) is 0 Å². The van der Waals surface area contributed by atoms with Crippen LogP contribution in [0, 0.1) is 0 Å². The molecule has 1 aromatic rings. The maximum atomic E-state index is 12.0. The highest BCUT2D eigenvalue weighted by atomic mass is 16.2. The van der Waals surface area contributed by atoms with Gasteiger partial charge in [0.15, 0.2) is 5.69 Å². The maximum Gasteiger partial charge on any atom is 0.274 e. The number of carbonyl (C=O) groups excluding carboxylic acids is 2. The Bertz CT molecular complexity index is 471. The third kappa shape index (κ3) is 2.97. The molecule has 6 nitrogen and oxygen atoms in total. The van der Waals surface area contributed by atoms with Gasteiger partial charge >= 0.3 is 0 Å². The Hall–Kier alpha value is -2.11. The summed E-state index contributed by atoms with van der Waals surface area (Å²) in [7, 11) is 1.56. The number of nitrogens with one attached hydrogen (secondary N) is 1. The van der Waals surface area contributed by atoms with Crippen LogP contribution in [0.4, 0.5) is 5.69 Å². The van der Waals surface area contributed by atoms with Crippen LogP contribution in [0.2, 0.25) is 0 Å². The fourth-order valence-electron chi connectivity index (χ4n) is 1.57. The molecule has 6 heteroatoms. The first-order valence-electron chi connectivity index (χ1n) is 5.83. The van der Waals surface area contributed by atoms with Crippen molar-refractivity contribution >= 4 is 17.5 Å². The average Bonchev–Trinajstić information content (AvgIpc) is 3.12. The second-order valence-corrected chi connectivity index (χ2v) is 4.44. The lowest BCUT2D eigenvalue weighted by Crippen LogP contribution is -2.39. The molecule has 0 aliphatic heterocycles. The van der Waals surface area contributed by atoms with Crippen LogP contribution in [-0.2, 0) is 4.79 Å².